The van der Waals surface area contributed by atoms with E-state index in [1.54, 1.807) is 14.0 Å². The van der Waals surface area contributed by atoms with E-state index >= 15 is 0 Å². The van der Waals surface area contributed by atoms with Gasteiger partial charge in [-0.05, 0) is 31.5 Å². The first-order valence-corrected chi connectivity index (χ1v) is 12.5. The summed E-state index contributed by atoms with van der Waals surface area (Å²) in [6.07, 6.45) is 1.10. The van der Waals surface area contributed by atoms with E-state index in [2.05, 4.69) is 20.1 Å². The summed E-state index contributed by atoms with van der Waals surface area (Å²) < 4.78 is 33.2. The molecule has 0 spiro atoms. The van der Waals surface area contributed by atoms with Gasteiger partial charge in [0.2, 0.25) is 10.0 Å². The molecule has 0 unspecified atom stereocenters. The van der Waals surface area contributed by atoms with Crippen molar-refractivity contribution < 1.29 is 23.1 Å². The van der Waals surface area contributed by atoms with Crippen LogP contribution in [-0.2, 0) is 14.9 Å². The molecule has 1 fully saturated rings. The van der Waals surface area contributed by atoms with Crippen molar-refractivity contribution in [2.75, 3.05) is 38.7 Å². The van der Waals surface area contributed by atoms with Crippen LogP contribution in [0.15, 0.2) is 27.9 Å². The van der Waals surface area contributed by atoms with E-state index in [9.17, 15) is 23.3 Å². The van der Waals surface area contributed by atoms with Crippen LogP contribution in [0.2, 0.25) is 0 Å². The summed E-state index contributed by atoms with van der Waals surface area (Å²) in [5.41, 5.74) is 0.264. The van der Waals surface area contributed by atoms with Crippen molar-refractivity contribution in [3.63, 3.8) is 0 Å². The number of hydrogen-bond acceptors (Lipinski definition) is 10. The number of hydrogen-bond donors (Lipinski definition) is 3. The zero-order chi connectivity index (χ0) is 25.8. The number of aromatic nitrogens is 2. The van der Waals surface area contributed by atoms with Crippen molar-refractivity contribution in [3.8, 4) is 17.1 Å². The van der Waals surface area contributed by atoms with Gasteiger partial charge >= 0.3 is 0 Å². The smallest absolute Gasteiger partial charge is 0.294 e. The van der Waals surface area contributed by atoms with Crippen molar-refractivity contribution in [1.82, 2.24) is 14.3 Å². The number of anilines is 1. The SMILES string of the molecule is CCCC(=N)c1nc(-c2cc(S(=O)(=O)N3CC(CO[N+](=O)[O-])C3)ccc2OCC)[nH]c(=O)c1NC. The van der Waals surface area contributed by atoms with E-state index < -0.39 is 20.7 Å². The molecular formula is C21H28N6O7S. The van der Waals surface area contributed by atoms with E-state index in [0.717, 1.165) is 0 Å². The topological polar surface area (TPSA) is 181 Å². The Balaban J connectivity index is 2.01. The summed E-state index contributed by atoms with van der Waals surface area (Å²) in [6, 6.07) is 4.25. The molecule has 3 rings (SSSR count). The van der Waals surface area contributed by atoms with Gasteiger partial charge in [-0.15, -0.1) is 10.1 Å². The lowest BCUT2D eigenvalue weighted by Gasteiger charge is -2.37. The molecule has 14 heteroatoms. The predicted octanol–water partition coefficient (Wildman–Crippen LogP) is 1.87. The Hall–Kier alpha value is -3.52. The maximum absolute atomic E-state index is 13.2. The third-order valence-corrected chi connectivity index (χ3v) is 7.27. The van der Waals surface area contributed by atoms with Gasteiger partial charge in [0.25, 0.3) is 10.6 Å². The normalized spacial score (nSPS) is 14.3. The second-order valence-electron chi connectivity index (χ2n) is 7.92. The molecule has 2 heterocycles. The Morgan fingerprint density at radius 3 is 2.69 bits per heavy atom. The molecule has 1 aliphatic rings. The highest BCUT2D eigenvalue weighted by Gasteiger charge is 2.37. The van der Waals surface area contributed by atoms with Crippen LogP contribution >= 0.6 is 0 Å². The van der Waals surface area contributed by atoms with Crippen LogP contribution < -0.4 is 15.6 Å². The Kier molecular flexibility index (Phi) is 8.07. The van der Waals surface area contributed by atoms with Gasteiger partial charge in [0, 0.05) is 26.1 Å². The number of sulfonamides is 1. The van der Waals surface area contributed by atoms with Crippen LogP contribution in [0.1, 0.15) is 32.4 Å². The number of rotatable bonds is 12. The molecule has 13 nitrogen and oxygen atoms in total. The number of nitrogens with one attached hydrogen (secondary N) is 3. The quantitative estimate of drug-likeness (QED) is 0.219. The number of ether oxygens (including phenoxy) is 1. The molecule has 0 radical (unpaired) electrons. The number of aromatic amines is 1. The number of H-pyrrole nitrogens is 1. The van der Waals surface area contributed by atoms with Crippen LogP contribution in [0.4, 0.5) is 5.69 Å². The predicted molar refractivity (Wildman–Crippen MR) is 128 cm³/mol. The molecule has 1 aromatic heterocycles. The van der Waals surface area contributed by atoms with E-state index in [0.29, 0.717) is 25.2 Å². The maximum Gasteiger partial charge on any atom is 0.294 e. The van der Waals surface area contributed by atoms with Crippen molar-refractivity contribution in [2.24, 2.45) is 5.92 Å². The van der Waals surface area contributed by atoms with Crippen LogP contribution in [-0.4, -0.2) is 66.8 Å². The molecule has 3 N–H and O–H groups in total. The zero-order valence-electron chi connectivity index (χ0n) is 19.7. The van der Waals surface area contributed by atoms with Gasteiger partial charge in [-0.25, -0.2) is 13.4 Å². The minimum atomic E-state index is -3.92. The summed E-state index contributed by atoms with van der Waals surface area (Å²) in [7, 11) is -2.36. The van der Waals surface area contributed by atoms with Crippen molar-refractivity contribution in [2.45, 2.75) is 31.6 Å². The van der Waals surface area contributed by atoms with Gasteiger partial charge in [-0.2, -0.15) is 4.31 Å². The summed E-state index contributed by atoms with van der Waals surface area (Å²) in [5, 5.41) is 20.6. The maximum atomic E-state index is 13.2. The van der Waals surface area contributed by atoms with E-state index in [-0.39, 0.29) is 59.0 Å². The lowest BCUT2D eigenvalue weighted by molar-refractivity contribution is -0.759. The minimum absolute atomic E-state index is 0.0462. The van der Waals surface area contributed by atoms with E-state index in [4.69, 9.17) is 10.1 Å². The molecule has 0 aliphatic carbocycles. The highest BCUT2D eigenvalue weighted by Crippen LogP contribution is 2.33. The number of nitrogens with zero attached hydrogens (tertiary/aromatic N) is 3. The molecule has 0 bridgehead atoms. The third-order valence-electron chi connectivity index (χ3n) is 5.44. The van der Waals surface area contributed by atoms with Crippen LogP contribution in [0.25, 0.3) is 11.4 Å². The summed E-state index contributed by atoms with van der Waals surface area (Å²) in [5.74, 6) is 0.114. The first kappa shape index (κ1) is 26.1. The van der Waals surface area contributed by atoms with Crippen molar-refractivity contribution in [3.05, 3.63) is 44.4 Å². The van der Waals surface area contributed by atoms with Crippen LogP contribution in [0.3, 0.4) is 0 Å². The standard InChI is InChI=1S/C21H28N6O7S/c1-4-6-16(22)18-19(23-3)21(28)25-20(24-18)15-9-14(7-8-17(15)33-5-2)35(31,32)26-10-13(11-26)12-34-27(29)30/h7-9,13,22-23H,4-6,10-12H2,1-3H3,(H,24,25,28). The molecule has 0 saturated carbocycles. The lowest BCUT2D eigenvalue weighted by Crippen LogP contribution is -2.51. The van der Waals surface area contributed by atoms with Gasteiger partial charge in [-0.3, -0.25) is 4.79 Å². The number of benzene rings is 1. The lowest BCUT2D eigenvalue weighted by atomic mass is 10.1. The van der Waals surface area contributed by atoms with Gasteiger partial charge in [-0.1, -0.05) is 13.3 Å². The second kappa shape index (κ2) is 10.8. The molecule has 35 heavy (non-hydrogen) atoms. The molecule has 190 valence electrons. The van der Waals surface area contributed by atoms with Gasteiger partial charge in [0.05, 0.1) is 22.8 Å². The second-order valence-corrected chi connectivity index (χ2v) is 9.85. The average Bonchev–Trinajstić information content (AvgIpc) is 2.77. The Morgan fingerprint density at radius 2 is 2.09 bits per heavy atom. The van der Waals surface area contributed by atoms with Gasteiger partial charge in [0.15, 0.2) is 0 Å². The summed E-state index contributed by atoms with van der Waals surface area (Å²) in [4.78, 5) is 34.5. The fourth-order valence-corrected chi connectivity index (χ4v) is 5.31. The Labute approximate surface area is 202 Å². The third kappa shape index (κ3) is 5.59. The zero-order valence-corrected chi connectivity index (χ0v) is 20.5. The Bertz CT molecular complexity index is 1270. The van der Waals surface area contributed by atoms with E-state index in [1.807, 2.05) is 6.92 Å². The average molecular weight is 509 g/mol. The van der Waals surface area contributed by atoms with Crippen LogP contribution in [0.5, 0.6) is 5.75 Å². The summed E-state index contributed by atoms with van der Waals surface area (Å²) in [6.45, 7) is 3.97. The fraction of sp³-hybridized carbons (Fsp3) is 0.476. The molecule has 0 amide bonds. The van der Waals surface area contributed by atoms with Gasteiger partial charge in [0.1, 0.15) is 29.6 Å². The molecule has 1 saturated heterocycles. The first-order valence-electron chi connectivity index (χ1n) is 11.1. The fourth-order valence-electron chi connectivity index (χ4n) is 3.69. The van der Waals surface area contributed by atoms with Crippen LogP contribution in [0, 0.1) is 21.4 Å². The largest absolute Gasteiger partial charge is 0.493 e. The minimum Gasteiger partial charge on any atom is -0.493 e. The van der Waals surface area contributed by atoms with E-state index in [1.165, 1.54) is 22.5 Å². The van der Waals surface area contributed by atoms with Gasteiger partial charge < -0.3 is 25.3 Å². The molecule has 1 aromatic carbocycles. The Morgan fingerprint density at radius 1 is 1.37 bits per heavy atom. The van der Waals surface area contributed by atoms with Crippen molar-refractivity contribution in [1.29, 1.82) is 5.41 Å². The monoisotopic (exact) mass is 508 g/mol. The molecule has 2 aromatic rings. The molecule has 1 aliphatic heterocycles. The molecular weight excluding hydrogens is 480 g/mol. The summed E-state index contributed by atoms with van der Waals surface area (Å²) >= 11 is 0. The van der Waals surface area contributed by atoms with Crippen molar-refractivity contribution >= 4 is 21.4 Å². The molecule has 0 atom stereocenters. The highest BCUT2D eigenvalue weighted by atomic mass is 32.2. The first-order chi connectivity index (χ1) is 16.6. The highest BCUT2D eigenvalue weighted by molar-refractivity contribution is 7.89.